The van der Waals surface area contributed by atoms with Crippen molar-refractivity contribution in [1.82, 2.24) is 4.98 Å². The van der Waals surface area contributed by atoms with E-state index in [0.29, 0.717) is 6.54 Å². The highest BCUT2D eigenvalue weighted by atomic mass is 79.9. The van der Waals surface area contributed by atoms with E-state index in [4.69, 9.17) is 5.73 Å². The third-order valence-electron chi connectivity index (χ3n) is 2.45. The number of nitrogens with two attached hydrogens (primary N) is 1. The number of pyridine rings is 1. The number of benzene rings is 1. The molecule has 86 valence electrons. The Bertz CT molecular complexity index is 504. The van der Waals surface area contributed by atoms with Gasteiger partial charge >= 0.3 is 0 Å². The highest BCUT2D eigenvalue weighted by Gasteiger charge is 2.04. The third-order valence-corrected chi connectivity index (χ3v) is 2.98. The summed E-state index contributed by atoms with van der Waals surface area (Å²) in [6.45, 7) is 0.514. The third kappa shape index (κ3) is 3.02. The molecule has 17 heavy (non-hydrogen) atoms. The summed E-state index contributed by atoms with van der Waals surface area (Å²) < 4.78 is 1.07. The molecule has 0 aliphatic heterocycles. The topological polar surface area (TPSA) is 38.9 Å². The van der Waals surface area contributed by atoms with E-state index < -0.39 is 0 Å². The lowest BCUT2D eigenvalue weighted by Gasteiger charge is -2.07. The van der Waals surface area contributed by atoms with Crippen LogP contribution in [0.25, 0.3) is 5.57 Å². The summed E-state index contributed by atoms with van der Waals surface area (Å²) in [5.41, 5.74) is 8.98. The fourth-order valence-electron chi connectivity index (χ4n) is 1.67. The molecule has 2 nitrogen and oxygen atoms in total. The zero-order chi connectivity index (χ0) is 12.1. The Morgan fingerprint density at radius 1 is 1.18 bits per heavy atom. The van der Waals surface area contributed by atoms with Gasteiger partial charge < -0.3 is 5.73 Å². The molecule has 0 saturated heterocycles. The van der Waals surface area contributed by atoms with Gasteiger partial charge in [-0.2, -0.15) is 0 Å². The minimum Gasteiger partial charge on any atom is -0.327 e. The number of hydrogen-bond acceptors (Lipinski definition) is 2. The van der Waals surface area contributed by atoms with E-state index in [9.17, 15) is 0 Å². The van der Waals surface area contributed by atoms with Crippen LogP contribution in [0, 0.1) is 0 Å². The molecule has 1 heterocycles. The van der Waals surface area contributed by atoms with E-state index >= 15 is 0 Å². The van der Waals surface area contributed by atoms with E-state index in [-0.39, 0.29) is 0 Å². The van der Waals surface area contributed by atoms with Crippen LogP contribution < -0.4 is 5.73 Å². The zero-order valence-corrected chi connectivity index (χ0v) is 10.9. The molecule has 3 heteroatoms. The maximum Gasteiger partial charge on any atom is 0.0346 e. The molecule has 0 aliphatic rings. The Hall–Kier alpha value is -1.45. The van der Waals surface area contributed by atoms with Gasteiger partial charge in [-0.25, -0.2) is 0 Å². The van der Waals surface area contributed by atoms with Crippen molar-refractivity contribution >= 4 is 21.5 Å². The molecular formula is C14H13BrN2. The van der Waals surface area contributed by atoms with Gasteiger partial charge in [-0.05, 0) is 29.3 Å². The number of rotatable bonds is 3. The summed E-state index contributed by atoms with van der Waals surface area (Å²) in [6.07, 6.45) is 5.63. The zero-order valence-electron chi connectivity index (χ0n) is 9.31. The van der Waals surface area contributed by atoms with E-state index in [1.165, 1.54) is 0 Å². The fourth-order valence-corrected chi connectivity index (χ4v) is 1.94. The first-order valence-corrected chi connectivity index (χ1v) is 6.17. The molecule has 0 unspecified atom stereocenters. The van der Waals surface area contributed by atoms with Crippen LogP contribution in [0.4, 0.5) is 0 Å². The Balaban J connectivity index is 2.44. The van der Waals surface area contributed by atoms with Gasteiger partial charge in [0.05, 0.1) is 0 Å². The van der Waals surface area contributed by atoms with Crippen molar-refractivity contribution < 1.29 is 0 Å². The Labute approximate surface area is 109 Å². The second-order valence-electron chi connectivity index (χ2n) is 3.60. The second kappa shape index (κ2) is 5.75. The Morgan fingerprint density at radius 2 is 1.94 bits per heavy atom. The molecule has 0 atom stereocenters. The van der Waals surface area contributed by atoms with Crippen LogP contribution in [0.15, 0.2) is 59.3 Å². The van der Waals surface area contributed by atoms with Gasteiger partial charge in [-0.3, -0.25) is 4.98 Å². The smallest absolute Gasteiger partial charge is 0.0346 e. The van der Waals surface area contributed by atoms with Crippen molar-refractivity contribution in [2.75, 3.05) is 6.54 Å². The molecular weight excluding hydrogens is 276 g/mol. The normalized spacial score (nSPS) is 11.5. The highest BCUT2D eigenvalue weighted by molar-refractivity contribution is 9.10. The molecule has 2 aromatic rings. The molecule has 2 N–H and O–H groups in total. The van der Waals surface area contributed by atoms with Crippen LogP contribution in [-0.2, 0) is 0 Å². The highest BCUT2D eigenvalue weighted by Crippen LogP contribution is 2.23. The SMILES string of the molecule is NC/C=C(/c1ccc(Br)cc1)c1cccnc1. The minimum atomic E-state index is 0.514. The minimum absolute atomic E-state index is 0.514. The number of hydrogen-bond donors (Lipinski definition) is 1. The van der Waals surface area contributed by atoms with Gasteiger partial charge in [0.15, 0.2) is 0 Å². The summed E-state index contributed by atoms with van der Waals surface area (Å²) in [7, 11) is 0. The standard InChI is InChI=1S/C14H13BrN2/c15-13-5-3-11(4-6-13)14(7-8-16)12-2-1-9-17-10-12/h1-7,9-10H,8,16H2/b14-7-. The van der Waals surface area contributed by atoms with Crippen molar-refractivity contribution in [3.63, 3.8) is 0 Å². The average molecular weight is 289 g/mol. The van der Waals surface area contributed by atoms with Crippen LogP contribution in [0.3, 0.4) is 0 Å². The predicted octanol–water partition coefficient (Wildman–Crippen LogP) is 3.23. The number of halogens is 1. The summed E-state index contributed by atoms with van der Waals surface area (Å²) >= 11 is 3.43. The lowest BCUT2D eigenvalue weighted by Crippen LogP contribution is -1.97. The molecule has 0 aliphatic carbocycles. The maximum atomic E-state index is 5.63. The number of nitrogens with zero attached hydrogens (tertiary/aromatic N) is 1. The van der Waals surface area contributed by atoms with Gasteiger partial charge in [0.1, 0.15) is 0 Å². The van der Waals surface area contributed by atoms with E-state index in [1.807, 2.05) is 36.5 Å². The van der Waals surface area contributed by atoms with Gasteiger partial charge in [0, 0.05) is 29.0 Å². The summed E-state index contributed by atoms with van der Waals surface area (Å²) in [4.78, 5) is 4.14. The van der Waals surface area contributed by atoms with Crippen molar-refractivity contribution in [2.24, 2.45) is 5.73 Å². The lowest BCUT2D eigenvalue weighted by molar-refractivity contribution is 1.24. The molecule has 0 amide bonds. The maximum absolute atomic E-state index is 5.63. The van der Waals surface area contributed by atoms with Gasteiger partial charge in [0.25, 0.3) is 0 Å². The molecule has 0 radical (unpaired) electrons. The van der Waals surface area contributed by atoms with Gasteiger partial charge in [0.2, 0.25) is 0 Å². The fraction of sp³-hybridized carbons (Fsp3) is 0.0714. The van der Waals surface area contributed by atoms with Crippen molar-refractivity contribution in [3.05, 3.63) is 70.5 Å². The molecule has 0 fully saturated rings. The predicted molar refractivity (Wildman–Crippen MR) is 74.5 cm³/mol. The molecule has 0 spiro atoms. The summed E-state index contributed by atoms with van der Waals surface area (Å²) in [5, 5.41) is 0. The molecule has 0 bridgehead atoms. The Morgan fingerprint density at radius 3 is 2.53 bits per heavy atom. The monoisotopic (exact) mass is 288 g/mol. The Kier molecular flexibility index (Phi) is 4.07. The summed E-state index contributed by atoms with van der Waals surface area (Å²) in [6, 6.07) is 12.2. The van der Waals surface area contributed by atoms with Crippen LogP contribution in [0.1, 0.15) is 11.1 Å². The average Bonchev–Trinajstić information content (AvgIpc) is 2.38. The van der Waals surface area contributed by atoms with Crippen LogP contribution in [0.2, 0.25) is 0 Å². The molecule has 1 aromatic heterocycles. The van der Waals surface area contributed by atoms with E-state index in [2.05, 4.69) is 33.0 Å². The first-order valence-electron chi connectivity index (χ1n) is 5.38. The number of aromatic nitrogens is 1. The van der Waals surface area contributed by atoms with Crippen molar-refractivity contribution in [2.45, 2.75) is 0 Å². The lowest BCUT2D eigenvalue weighted by atomic mass is 9.99. The van der Waals surface area contributed by atoms with E-state index in [1.54, 1.807) is 6.20 Å². The van der Waals surface area contributed by atoms with Gasteiger partial charge in [-0.15, -0.1) is 0 Å². The van der Waals surface area contributed by atoms with E-state index in [0.717, 1.165) is 21.2 Å². The van der Waals surface area contributed by atoms with Crippen LogP contribution in [-0.4, -0.2) is 11.5 Å². The quantitative estimate of drug-likeness (QED) is 0.942. The second-order valence-corrected chi connectivity index (χ2v) is 4.52. The van der Waals surface area contributed by atoms with Crippen molar-refractivity contribution in [1.29, 1.82) is 0 Å². The van der Waals surface area contributed by atoms with Crippen LogP contribution in [0.5, 0.6) is 0 Å². The summed E-state index contributed by atoms with van der Waals surface area (Å²) in [5.74, 6) is 0. The largest absolute Gasteiger partial charge is 0.327 e. The first kappa shape index (κ1) is 12.0. The van der Waals surface area contributed by atoms with Crippen LogP contribution >= 0.6 is 15.9 Å². The first-order chi connectivity index (χ1) is 8.31. The van der Waals surface area contributed by atoms with Gasteiger partial charge in [-0.1, -0.05) is 40.2 Å². The molecule has 1 aromatic carbocycles. The molecule has 0 saturated carbocycles. The molecule has 2 rings (SSSR count). The van der Waals surface area contributed by atoms with Crippen molar-refractivity contribution in [3.8, 4) is 0 Å².